The van der Waals surface area contributed by atoms with Gasteiger partial charge in [-0.05, 0) is 18.8 Å². The van der Waals surface area contributed by atoms with Gasteiger partial charge in [-0.25, -0.2) is 0 Å². The molecule has 1 heterocycles. The van der Waals surface area contributed by atoms with E-state index in [9.17, 15) is 0 Å². The van der Waals surface area contributed by atoms with E-state index in [4.69, 9.17) is 14.9 Å². The van der Waals surface area contributed by atoms with Crippen molar-refractivity contribution in [3.8, 4) is 0 Å². The zero-order valence-corrected chi connectivity index (χ0v) is 7.12. The fraction of sp³-hybridized carbons (Fsp3) is 1.00. The molecule has 0 atom stereocenters. The number of ether oxygens (including phenoxy) is 1. The first kappa shape index (κ1) is 10.9. The molecule has 0 aromatic heterocycles. The summed E-state index contributed by atoms with van der Waals surface area (Å²) in [6, 6.07) is 0. The number of hydrogen-bond donors (Lipinski definition) is 2. The summed E-state index contributed by atoms with van der Waals surface area (Å²) >= 11 is 0. The highest BCUT2D eigenvalue weighted by Crippen LogP contribution is 2.11. The summed E-state index contributed by atoms with van der Waals surface area (Å²) in [7, 11) is 0. The molecule has 3 nitrogen and oxygen atoms in total. The van der Waals surface area contributed by atoms with Crippen LogP contribution >= 0.6 is 0 Å². The van der Waals surface area contributed by atoms with Gasteiger partial charge in [-0.15, -0.1) is 0 Å². The molecule has 1 rings (SSSR count). The van der Waals surface area contributed by atoms with E-state index in [0.29, 0.717) is 0 Å². The second-order valence-electron chi connectivity index (χ2n) is 2.74. The van der Waals surface area contributed by atoms with Gasteiger partial charge in [0.15, 0.2) is 0 Å². The molecule has 0 aromatic carbocycles. The first-order chi connectivity index (χ1) is 5.31. The first-order valence-electron chi connectivity index (χ1n) is 4.10. The highest BCUT2D eigenvalue weighted by atomic mass is 16.5. The van der Waals surface area contributed by atoms with Crippen LogP contribution in [0.2, 0.25) is 0 Å². The molecular weight excluding hydrogens is 144 g/mol. The largest absolute Gasteiger partial charge is 0.394 e. The number of aliphatic hydroxyl groups is 2. The Labute approximate surface area is 68.0 Å². The third kappa shape index (κ3) is 7.78. The lowest BCUT2D eigenvalue weighted by atomic mass is 10.0. The molecule has 2 N–H and O–H groups in total. The minimum Gasteiger partial charge on any atom is -0.394 e. The topological polar surface area (TPSA) is 49.7 Å². The number of hydrogen-bond acceptors (Lipinski definition) is 3. The predicted octanol–water partition coefficient (Wildman–Crippen LogP) is 0.404. The van der Waals surface area contributed by atoms with Gasteiger partial charge in [0.05, 0.1) is 13.2 Å². The molecule has 0 aliphatic carbocycles. The Morgan fingerprint density at radius 2 is 1.64 bits per heavy atom. The molecule has 0 aromatic rings. The molecule has 0 spiro atoms. The van der Waals surface area contributed by atoms with Crippen LogP contribution in [0.3, 0.4) is 0 Å². The van der Waals surface area contributed by atoms with Crippen molar-refractivity contribution < 1.29 is 14.9 Å². The lowest BCUT2D eigenvalue weighted by Gasteiger charge is -2.16. The lowest BCUT2D eigenvalue weighted by molar-refractivity contribution is 0.0716. The molecule has 1 aliphatic heterocycles. The zero-order valence-electron chi connectivity index (χ0n) is 7.12. The van der Waals surface area contributed by atoms with E-state index in [2.05, 4.69) is 6.92 Å². The molecule has 0 amide bonds. The van der Waals surface area contributed by atoms with E-state index >= 15 is 0 Å². The van der Waals surface area contributed by atoms with Crippen molar-refractivity contribution in [2.45, 2.75) is 19.8 Å². The SMILES string of the molecule is CC1CCOCC1.OCCO. The highest BCUT2D eigenvalue weighted by molar-refractivity contribution is 4.55. The summed E-state index contributed by atoms with van der Waals surface area (Å²) < 4.78 is 5.14. The van der Waals surface area contributed by atoms with E-state index in [1.165, 1.54) is 12.8 Å². The molecule has 0 radical (unpaired) electrons. The molecule has 0 bridgehead atoms. The minimum atomic E-state index is -0.125. The van der Waals surface area contributed by atoms with Crippen molar-refractivity contribution in [2.24, 2.45) is 5.92 Å². The predicted molar refractivity (Wildman–Crippen MR) is 43.4 cm³/mol. The summed E-state index contributed by atoms with van der Waals surface area (Å²) in [6.45, 7) is 4.00. The van der Waals surface area contributed by atoms with Gasteiger partial charge in [0.1, 0.15) is 0 Å². The van der Waals surface area contributed by atoms with Crippen LogP contribution in [-0.2, 0) is 4.74 Å². The van der Waals surface area contributed by atoms with Crippen molar-refractivity contribution in [1.29, 1.82) is 0 Å². The fourth-order valence-corrected chi connectivity index (χ4v) is 0.815. The van der Waals surface area contributed by atoms with Crippen LogP contribution in [0, 0.1) is 5.92 Å². The van der Waals surface area contributed by atoms with Crippen molar-refractivity contribution in [3.05, 3.63) is 0 Å². The Balaban J connectivity index is 0.000000218. The number of rotatable bonds is 1. The summed E-state index contributed by atoms with van der Waals surface area (Å²) in [4.78, 5) is 0. The maximum absolute atomic E-state index is 7.62. The van der Waals surface area contributed by atoms with E-state index in [0.717, 1.165) is 19.1 Å². The quantitative estimate of drug-likeness (QED) is 0.587. The third-order valence-electron chi connectivity index (χ3n) is 1.61. The second-order valence-corrected chi connectivity index (χ2v) is 2.74. The molecule has 68 valence electrons. The van der Waals surface area contributed by atoms with Crippen LogP contribution in [0.15, 0.2) is 0 Å². The second kappa shape index (κ2) is 7.98. The normalized spacial score (nSPS) is 18.8. The van der Waals surface area contributed by atoms with Crippen molar-refractivity contribution >= 4 is 0 Å². The van der Waals surface area contributed by atoms with Crippen LogP contribution < -0.4 is 0 Å². The van der Waals surface area contributed by atoms with E-state index < -0.39 is 0 Å². The van der Waals surface area contributed by atoms with E-state index in [1.54, 1.807) is 0 Å². The van der Waals surface area contributed by atoms with Gasteiger partial charge in [-0.1, -0.05) is 6.92 Å². The summed E-state index contributed by atoms with van der Waals surface area (Å²) in [5.41, 5.74) is 0. The Morgan fingerprint density at radius 3 is 1.82 bits per heavy atom. The van der Waals surface area contributed by atoms with Gasteiger partial charge in [0, 0.05) is 13.2 Å². The molecule has 0 unspecified atom stereocenters. The van der Waals surface area contributed by atoms with Gasteiger partial charge in [0.25, 0.3) is 0 Å². The first-order valence-corrected chi connectivity index (χ1v) is 4.10. The van der Waals surface area contributed by atoms with Gasteiger partial charge in [-0.3, -0.25) is 0 Å². The van der Waals surface area contributed by atoms with E-state index in [1.807, 2.05) is 0 Å². The number of aliphatic hydroxyl groups excluding tert-OH is 2. The van der Waals surface area contributed by atoms with Crippen LogP contribution in [0.25, 0.3) is 0 Å². The van der Waals surface area contributed by atoms with Crippen LogP contribution in [0.5, 0.6) is 0 Å². The fourth-order valence-electron chi connectivity index (χ4n) is 0.815. The molecule has 1 saturated heterocycles. The smallest absolute Gasteiger partial charge is 0.0662 e. The third-order valence-corrected chi connectivity index (χ3v) is 1.61. The van der Waals surface area contributed by atoms with Crippen LogP contribution in [0.4, 0.5) is 0 Å². The highest BCUT2D eigenvalue weighted by Gasteiger charge is 2.06. The monoisotopic (exact) mass is 162 g/mol. The van der Waals surface area contributed by atoms with Crippen LogP contribution in [-0.4, -0.2) is 36.6 Å². The zero-order chi connectivity index (χ0) is 8.53. The Morgan fingerprint density at radius 1 is 1.18 bits per heavy atom. The molecule has 1 aliphatic rings. The maximum atomic E-state index is 7.62. The summed E-state index contributed by atoms with van der Waals surface area (Å²) in [5.74, 6) is 0.911. The van der Waals surface area contributed by atoms with Crippen molar-refractivity contribution in [3.63, 3.8) is 0 Å². The van der Waals surface area contributed by atoms with E-state index in [-0.39, 0.29) is 13.2 Å². The van der Waals surface area contributed by atoms with Crippen molar-refractivity contribution in [2.75, 3.05) is 26.4 Å². The Hall–Kier alpha value is -0.120. The Bertz CT molecular complexity index is 67.7. The van der Waals surface area contributed by atoms with Gasteiger partial charge < -0.3 is 14.9 Å². The van der Waals surface area contributed by atoms with Gasteiger partial charge in [0.2, 0.25) is 0 Å². The molecule has 11 heavy (non-hydrogen) atoms. The van der Waals surface area contributed by atoms with Gasteiger partial charge in [-0.2, -0.15) is 0 Å². The minimum absolute atomic E-state index is 0.125. The summed E-state index contributed by atoms with van der Waals surface area (Å²) in [5, 5.41) is 15.2. The van der Waals surface area contributed by atoms with Crippen LogP contribution in [0.1, 0.15) is 19.8 Å². The van der Waals surface area contributed by atoms with Gasteiger partial charge >= 0.3 is 0 Å². The summed E-state index contributed by atoms with van der Waals surface area (Å²) in [6.07, 6.45) is 2.53. The standard InChI is InChI=1S/C6H12O.C2H6O2/c1-6-2-4-7-5-3-6;3-1-2-4/h6H,2-5H2,1H3;3-4H,1-2H2. The molecule has 1 fully saturated rings. The molecule has 3 heteroatoms. The lowest BCUT2D eigenvalue weighted by Crippen LogP contribution is -2.12. The average molecular weight is 162 g/mol. The molecule has 0 saturated carbocycles. The van der Waals surface area contributed by atoms with Crippen molar-refractivity contribution in [1.82, 2.24) is 0 Å². The molecular formula is C8H18O3. The maximum Gasteiger partial charge on any atom is 0.0662 e. The average Bonchev–Trinajstić information content (AvgIpc) is 2.07. The Kier molecular flexibility index (Phi) is 7.89.